The summed E-state index contributed by atoms with van der Waals surface area (Å²) in [6.45, 7) is 6.56. The molecule has 0 saturated heterocycles. The van der Waals surface area contributed by atoms with Crippen LogP contribution in [-0.2, 0) is 6.42 Å². The van der Waals surface area contributed by atoms with Crippen molar-refractivity contribution < 1.29 is 0 Å². The molecule has 0 nitrogen and oxygen atoms in total. The van der Waals surface area contributed by atoms with Crippen molar-refractivity contribution in [2.75, 3.05) is 0 Å². The molecule has 0 aliphatic rings. The maximum atomic E-state index is 2.28. The molecule has 0 unspecified atom stereocenters. The third-order valence-electron chi connectivity index (χ3n) is 3.94. The van der Waals surface area contributed by atoms with Gasteiger partial charge in [0.1, 0.15) is 0 Å². The standard InChI is InChI=1S/C18H18/c1-4-13-8-9-15-7-6-12(3)16-11-10-14(5-2)17(13)18(15)16/h5-11H,4H2,1-3H3/b14-5+. The molecule has 0 amide bonds. The highest BCUT2D eigenvalue weighted by Gasteiger charge is 2.08. The second-order valence-corrected chi connectivity index (χ2v) is 4.92. The predicted molar refractivity (Wildman–Crippen MR) is 80.9 cm³/mol. The summed E-state index contributed by atoms with van der Waals surface area (Å²) in [6, 6.07) is 13.5. The van der Waals surface area contributed by atoms with Gasteiger partial charge in [0.05, 0.1) is 0 Å². The zero-order valence-electron chi connectivity index (χ0n) is 11.2. The van der Waals surface area contributed by atoms with Crippen LogP contribution >= 0.6 is 0 Å². The van der Waals surface area contributed by atoms with E-state index in [1.807, 2.05) is 0 Å². The second-order valence-electron chi connectivity index (χ2n) is 4.92. The Morgan fingerprint density at radius 2 is 1.72 bits per heavy atom. The van der Waals surface area contributed by atoms with E-state index in [1.54, 1.807) is 0 Å². The number of rotatable bonds is 1. The highest BCUT2D eigenvalue weighted by atomic mass is 14.1. The zero-order chi connectivity index (χ0) is 12.7. The normalized spacial score (nSPS) is 12.7. The van der Waals surface area contributed by atoms with Gasteiger partial charge in [0.15, 0.2) is 0 Å². The van der Waals surface area contributed by atoms with E-state index < -0.39 is 0 Å². The van der Waals surface area contributed by atoms with Crippen LogP contribution < -0.4 is 5.22 Å². The van der Waals surface area contributed by atoms with Gasteiger partial charge in [0.25, 0.3) is 0 Å². The van der Waals surface area contributed by atoms with E-state index in [0.717, 1.165) is 6.42 Å². The Hall–Kier alpha value is -1.82. The molecule has 0 heterocycles. The average molecular weight is 234 g/mol. The summed E-state index contributed by atoms with van der Waals surface area (Å²) in [5.41, 5.74) is 2.82. The summed E-state index contributed by atoms with van der Waals surface area (Å²) < 4.78 is 0. The molecule has 0 fully saturated rings. The first-order valence-electron chi connectivity index (χ1n) is 6.66. The molecule has 3 rings (SSSR count). The average Bonchev–Trinajstić information content (AvgIpc) is 2.42. The Morgan fingerprint density at radius 1 is 0.944 bits per heavy atom. The van der Waals surface area contributed by atoms with E-state index in [0.29, 0.717) is 0 Å². The summed E-state index contributed by atoms with van der Waals surface area (Å²) in [4.78, 5) is 0. The quantitative estimate of drug-likeness (QED) is 0.586. The van der Waals surface area contributed by atoms with Crippen molar-refractivity contribution in [3.8, 4) is 0 Å². The summed E-state index contributed by atoms with van der Waals surface area (Å²) in [5, 5.41) is 6.98. The van der Waals surface area contributed by atoms with Crippen molar-refractivity contribution >= 4 is 27.6 Å². The number of hydrogen-bond donors (Lipinski definition) is 0. The van der Waals surface area contributed by atoms with Gasteiger partial charge < -0.3 is 0 Å². The van der Waals surface area contributed by atoms with E-state index in [2.05, 4.69) is 63.2 Å². The molecule has 0 aromatic heterocycles. The minimum Gasteiger partial charge on any atom is -0.0798 e. The lowest BCUT2D eigenvalue weighted by molar-refractivity contribution is 1.16. The fourth-order valence-corrected chi connectivity index (χ4v) is 2.93. The Labute approximate surface area is 108 Å². The minimum atomic E-state index is 1.09. The van der Waals surface area contributed by atoms with Gasteiger partial charge in [0.2, 0.25) is 0 Å². The fraction of sp³-hybridized carbons (Fsp3) is 0.222. The predicted octanol–water partition coefficient (Wildman–Crippen LogP) is 4.38. The minimum absolute atomic E-state index is 1.09. The maximum absolute atomic E-state index is 2.28. The first-order chi connectivity index (χ1) is 8.76. The third-order valence-corrected chi connectivity index (χ3v) is 3.94. The van der Waals surface area contributed by atoms with Crippen LogP contribution in [0.4, 0.5) is 0 Å². The summed E-state index contributed by atoms with van der Waals surface area (Å²) in [6.07, 6.45) is 3.31. The molecule has 0 bridgehead atoms. The molecule has 90 valence electrons. The molecular formula is C18H18. The highest BCUT2D eigenvalue weighted by molar-refractivity contribution is 6.12. The fourth-order valence-electron chi connectivity index (χ4n) is 2.93. The van der Waals surface area contributed by atoms with Crippen LogP contribution in [0.15, 0.2) is 36.4 Å². The van der Waals surface area contributed by atoms with E-state index in [9.17, 15) is 0 Å². The van der Waals surface area contributed by atoms with Crippen molar-refractivity contribution in [3.05, 3.63) is 52.7 Å². The molecule has 0 heteroatoms. The van der Waals surface area contributed by atoms with Gasteiger partial charge in [-0.05, 0) is 58.2 Å². The van der Waals surface area contributed by atoms with Crippen molar-refractivity contribution in [2.24, 2.45) is 0 Å². The second kappa shape index (κ2) is 4.13. The van der Waals surface area contributed by atoms with E-state index in [-0.39, 0.29) is 0 Å². The Balaban J connectivity index is 2.70. The highest BCUT2D eigenvalue weighted by Crippen LogP contribution is 2.29. The molecule has 0 radical (unpaired) electrons. The largest absolute Gasteiger partial charge is 0.0798 e. The van der Waals surface area contributed by atoms with E-state index >= 15 is 0 Å². The maximum Gasteiger partial charge on any atom is -0.00275 e. The number of benzene rings is 3. The topological polar surface area (TPSA) is 0 Å². The van der Waals surface area contributed by atoms with Crippen LogP contribution in [0.3, 0.4) is 0 Å². The Bertz CT molecular complexity index is 779. The van der Waals surface area contributed by atoms with Crippen molar-refractivity contribution in [3.63, 3.8) is 0 Å². The smallest absolute Gasteiger partial charge is 0.00275 e. The Morgan fingerprint density at radius 3 is 2.44 bits per heavy atom. The molecule has 0 aliphatic heterocycles. The van der Waals surface area contributed by atoms with Gasteiger partial charge in [-0.2, -0.15) is 0 Å². The molecule has 3 aromatic carbocycles. The molecule has 0 N–H and O–H groups in total. The SMILES string of the molecule is C/C=c1\ccc2c(C)ccc3ccc(CC)c1c32. The summed E-state index contributed by atoms with van der Waals surface area (Å²) in [5.74, 6) is 0. The molecule has 3 aromatic rings. The van der Waals surface area contributed by atoms with Gasteiger partial charge in [-0.3, -0.25) is 0 Å². The number of aryl methyl sites for hydroxylation is 2. The Kier molecular flexibility index (Phi) is 2.59. The van der Waals surface area contributed by atoms with Crippen molar-refractivity contribution in [2.45, 2.75) is 27.2 Å². The zero-order valence-corrected chi connectivity index (χ0v) is 11.2. The number of hydrogen-bond acceptors (Lipinski definition) is 0. The van der Waals surface area contributed by atoms with Gasteiger partial charge >= 0.3 is 0 Å². The lowest BCUT2D eigenvalue weighted by Gasteiger charge is -2.12. The van der Waals surface area contributed by atoms with Crippen LogP contribution in [0.2, 0.25) is 0 Å². The van der Waals surface area contributed by atoms with Crippen LogP contribution in [0.25, 0.3) is 27.6 Å². The van der Waals surface area contributed by atoms with Crippen LogP contribution in [0, 0.1) is 6.92 Å². The van der Waals surface area contributed by atoms with Gasteiger partial charge in [0, 0.05) is 0 Å². The molecule has 0 saturated carbocycles. The molecule has 0 atom stereocenters. The van der Waals surface area contributed by atoms with E-state index in [4.69, 9.17) is 0 Å². The van der Waals surface area contributed by atoms with Gasteiger partial charge in [-0.1, -0.05) is 49.4 Å². The van der Waals surface area contributed by atoms with Crippen LogP contribution in [0.1, 0.15) is 25.0 Å². The molecular weight excluding hydrogens is 216 g/mol. The summed E-state index contributed by atoms with van der Waals surface area (Å²) >= 11 is 0. The first-order valence-corrected chi connectivity index (χ1v) is 6.66. The lowest BCUT2D eigenvalue weighted by atomic mass is 9.92. The molecule has 18 heavy (non-hydrogen) atoms. The van der Waals surface area contributed by atoms with Crippen molar-refractivity contribution in [1.29, 1.82) is 0 Å². The monoisotopic (exact) mass is 234 g/mol. The molecule has 0 spiro atoms. The third kappa shape index (κ3) is 1.45. The van der Waals surface area contributed by atoms with Crippen molar-refractivity contribution in [1.82, 2.24) is 0 Å². The lowest BCUT2D eigenvalue weighted by Crippen LogP contribution is -2.04. The summed E-state index contributed by atoms with van der Waals surface area (Å²) in [7, 11) is 0. The first kappa shape index (κ1) is 11.3. The van der Waals surface area contributed by atoms with Gasteiger partial charge in [-0.15, -0.1) is 0 Å². The van der Waals surface area contributed by atoms with Gasteiger partial charge in [-0.25, -0.2) is 0 Å². The van der Waals surface area contributed by atoms with Crippen LogP contribution in [0.5, 0.6) is 0 Å². The van der Waals surface area contributed by atoms with Crippen LogP contribution in [-0.4, -0.2) is 0 Å². The van der Waals surface area contributed by atoms with E-state index in [1.165, 1.54) is 37.9 Å². The molecule has 0 aliphatic carbocycles.